The van der Waals surface area contributed by atoms with Crippen molar-refractivity contribution < 1.29 is 61.2 Å². The van der Waals surface area contributed by atoms with Crippen molar-refractivity contribution in [1.82, 2.24) is 14.4 Å². The van der Waals surface area contributed by atoms with Crippen molar-refractivity contribution in [1.29, 1.82) is 0 Å². The average Bonchev–Trinajstić information content (AvgIpc) is 3.01. The molecule has 0 saturated carbocycles. The van der Waals surface area contributed by atoms with Gasteiger partial charge in [-0.15, -0.1) is 0 Å². The van der Waals surface area contributed by atoms with Gasteiger partial charge in [0.05, 0.1) is 37.5 Å². The monoisotopic (exact) mass is 483 g/mol. The Hall–Kier alpha value is -2.47. The van der Waals surface area contributed by atoms with Gasteiger partial charge in [0.2, 0.25) is 6.33 Å². The minimum atomic E-state index is -1.53. The number of carbonyl (C=O) groups excluding carboxylic acids is 4. The molecule has 0 N–H and O–H groups in total. The molecule has 1 rings (SSSR count). The predicted molar refractivity (Wildman–Crippen MR) is 93.4 cm³/mol. The third-order valence-corrected chi connectivity index (χ3v) is 3.74. The first kappa shape index (κ1) is 30.7. The van der Waals surface area contributed by atoms with Gasteiger partial charge in [0, 0.05) is 39.3 Å². The summed E-state index contributed by atoms with van der Waals surface area (Å²) in [5, 5.41) is 41.6. The third-order valence-electron chi connectivity index (χ3n) is 3.74. The van der Waals surface area contributed by atoms with Crippen LogP contribution >= 0.6 is 0 Å². The van der Waals surface area contributed by atoms with E-state index in [1.807, 2.05) is 7.05 Å². The fraction of sp³-hybridized carbons (Fsp3) is 0.611. The van der Waals surface area contributed by atoms with E-state index in [2.05, 4.69) is 34.8 Å². The van der Waals surface area contributed by atoms with Crippen molar-refractivity contribution in [3.8, 4) is 0 Å². The van der Waals surface area contributed by atoms with Crippen LogP contribution in [0.1, 0.15) is 19.8 Å². The zero-order chi connectivity index (χ0) is 23.1. The van der Waals surface area contributed by atoms with Gasteiger partial charge in [0.1, 0.15) is 12.4 Å². The maximum absolute atomic E-state index is 10.4. The molecule has 0 aliphatic carbocycles. The molecule has 1 heterocycles. The Morgan fingerprint density at radius 2 is 1.23 bits per heavy atom. The summed E-state index contributed by atoms with van der Waals surface area (Å²) in [6.45, 7) is 0.111. The van der Waals surface area contributed by atoms with Crippen LogP contribution in [0.2, 0.25) is 0 Å². The molecule has 12 nitrogen and oxygen atoms in total. The number of aromatic nitrogens is 2. The van der Waals surface area contributed by atoms with Gasteiger partial charge >= 0.3 is 17.1 Å². The van der Waals surface area contributed by atoms with E-state index >= 15 is 0 Å². The number of rotatable bonds is 14. The average molecular weight is 483 g/mol. The van der Waals surface area contributed by atoms with Gasteiger partial charge in [-0.3, -0.25) is 9.80 Å². The minimum Gasteiger partial charge on any atom is -0.549 e. The molecule has 0 amide bonds. The van der Waals surface area contributed by atoms with Gasteiger partial charge in [0.15, 0.2) is 0 Å². The second kappa shape index (κ2) is 17.2. The third kappa shape index (κ3) is 18.0. The topological polar surface area (TPSA) is 176 Å². The van der Waals surface area contributed by atoms with E-state index in [0.29, 0.717) is 0 Å². The summed E-state index contributed by atoms with van der Waals surface area (Å²) < 4.78 is 4.28. The number of hydrogen-bond donors (Lipinski definition) is 0. The SMILES string of the molecule is CCCC[n+]1ccn(C)c1.O=C([O-])CN(CCN(CC(=O)[O-])CC(=O)[O-])CC(=O)[O-].[Fe+3]. The Labute approximate surface area is 191 Å². The van der Waals surface area contributed by atoms with Crippen LogP contribution in [-0.4, -0.2) is 77.5 Å². The fourth-order valence-electron chi connectivity index (χ4n) is 2.42. The molecule has 0 atom stereocenters. The largest absolute Gasteiger partial charge is 3.00 e. The summed E-state index contributed by atoms with van der Waals surface area (Å²) in [6, 6.07) is 0. The van der Waals surface area contributed by atoms with E-state index in [1.54, 1.807) is 0 Å². The molecule has 1 aromatic heterocycles. The van der Waals surface area contributed by atoms with Crippen molar-refractivity contribution in [3.63, 3.8) is 0 Å². The molecule has 0 aromatic carbocycles. The van der Waals surface area contributed by atoms with Gasteiger partial charge in [-0.05, 0) is 6.42 Å². The van der Waals surface area contributed by atoms with E-state index in [4.69, 9.17) is 0 Å². The quantitative estimate of drug-likeness (QED) is 0.183. The number of carboxylic acid groups (broad SMARTS) is 4. The number of aryl methyl sites for hydroxylation is 2. The normalized spacial score (nSPS) is 10.2. The Bertz CT molecular complexity index is 630. The molecule has 0 unspecified atom stereocenters. The van der Waals surface area contributed by atoms with Crippen LogP contribution in [0.4, 0.5) is 0 Å². The number of carboxylic acids is 4. The summed E-state index contributed by atoms with van der Waals surface area (Å²) in [5.41, 5.74) is 0. The molecule has 0 spiro atoms. The second-order valence-electron chi connectivity index (χ2n) is 6.58. The molecule has 13 heteroatoms. The van der Waals surface area contributed by atoms with Crippen LogP contribution in [0.5, 0.6) is 0 Å². The van der Waals surface area contributed by atoms with Crippen LogP contribution in [-0.2, 0) is 49.8 Å². The van der Waals surface area contributed by atoms with Crippen molar-refractivity contribution in [3.05, 3.63) is 18.7 Å². The van der Waals surface area contributed by atoms with Gasteiger partial charge in [-0.2, -0.15) is 0 Å². The molecule has 1 aromatic rings. The molecule has 0 aliphatic heterocycles. The molecule has 31 heavy (non-hydrogen) atoms. The molecular formula is C18H27FeN4O8. The predicted octanol–water partition coefficient (Wildman–Crippen LogP) is -6.30. The second-order valence-corrected chi connectivity index (χ2v) is 6.58. The van der Waals surface area contributed by atoms with Crippen molar-refractivity contribution in [2.45, 2.75) is 26.3 Å². The van der Waals surface area contributed by atoms with E-state index in [0.717, 1.165) is 16.3 Å². The minimum absolute atomic E-state index is 0. The number of carbonyl (C=O) groups is 4. The number of imidazole rings is 1. The maximum atomic E-state index is 10.4. The summed E-state index contributed by atoms with van der Waals surface area (Å²) in [6.07, 6.45) is 8.82. The zero-order valence-corrected chi connectivity index (χ0v) is 18.6. The summed E-state index contributed by atoms with van der Waals surface area (Å²) >= 11 is 0. The van der Waals surface area contributed by atoms with Crippen LogP contribution in [0, 0.1) is 0 Å². The first-order valence-corrected chi connectivity index (χ1v) is 9.28. The molecule has 0 bridgehead atoms. The van der Waals surface area contributed by atoms with Crippen LogP contribution in [0.25, 0.3) is 0 Å². The van der Waals surface area contributed by atoms with E-state index in [9.17, 15) is 39.6 Å². The van der Waals surface area contributed by atoms with Gasteiger partial charge in [-0.25, -0.2) is 9.13 Å². The molecule has 0 saturated heterocycles. The van der Waals surface area contributed by atoms with Crippen molar-refractivity contribution >= 4 is 23.9 Å². The van der Waals surface area contributed by atoms with Gasteiger partial charge < -0.3 is 39.6 Å². The standard InChI is InChI=1S/C10H16N2O8.C8H15N2.Fe/c13-7(14)3-11(4-8(15)16)1-2-12(5-9(17)18)6-10(19)20;1-3-4-5-10-7-6-9(2)8-10;/h1-6H2,(H,13,14)(H,15,16)(H,17,18)(H,19,20);6-8H,3-5H2,1-2H3;/q;+1;+3/p-4. The molecule has 1 radical (unpaired) electrons. The first-order valence-electron chi connectivity index (χ1n) is 9.28. The van der Waals surface area contributed by atoms with Crippen LogP contribution in [0.15, 0.2) is 18.7 Å². The van der Waals surface area contributed by atoms with E-state index in [-0.39, 0.29) is 30.2 Å². The number of hydrogen-bond acceptors (Lipinski definition) is 10. The van der Waals surface area contributed by atoms with Gasteiger partial charge in [0.25, 0.3) is 0 Å². The number of unbranched alkanes of at least 4 members (excludes halogenated alkanes) is 1. The van der Waals surface area contributed by atoms with Crippen molar-refractivity contribution in [2.24, 2.45) is 7.05 Å². The van der Waals surface area contributed by atoms with E-state index < -0.39 is 50.1 Å². The van der Waals surface area contributed by atoms with Crippen LogP contribution in [0.3, 0.4) is 0 Å². The first-order chi connectivity index (χ1) is 14.0. The Morgan fingerprint density at radius 3 is 1.48 bits per heavy atom. The Kier molecular flexibility index (Phi) is 17.1. The Balaban J connectivity index is 0. The zero-order valence-electron chi connectivity index (χ0n) is 17.5. The molecular weight excluding hydrogens is 456 g/mol. The molecule has 0 aliphatic rings. The summed E-state index contributed by atoms with van der Waals surface area (Å²) in [5.74, 6) is -6.12. The van der Waals surface area contributed by atoms with Crippen LogP contribution < -0.4 is 25.0 Å². The van der Waals surface area contributed by atoms with Gasteiger partial charge in [-0.1, -0.05) is 13.3 Å². The smallest absolute Gasteiger partial charge is 0.549 e. The van der Waals surface area contributed by atoms with Crippen molar-refractivity contribution in [2.75, 3.05) is 39.3 Å². The fourth-order valence-corrected chi connectivity index (χ4v) is 2.42. The summed E-state index contributed by atoms with van der Waals surface area (Å²) in [7, 11) is 2.04. The molecule has 175 valence electrons. The number of nitrogens with zero attached hydrogens (tertiary/aromatic N) is 4. The molecule has 0 fully saturated rings. The summed E-state index contributed by atoms with van der Waals surface area (Å²) in [4.78, 5) is 43.4. The maximum Gasteiger partial charge on any atom is 3.00 e. The van der Waals surface area contributed by atoms with E-state index in [1.165, 1.54) is 12.8 Å². The Morgan fingerprint density at radius 1 is 0.839 bits per heavy atom. The number of aliphatic carboxylic acids is 4.